The van der Waals surface area contributed by atoms with Gasteiger partial charge in [0.2, 0.25) is 0 Å². The topological polar surface area (TPSA) is 169 Å². The summed E-state index contributed by atoms with van der Waals surface area (Å²) in [6.45, 7) is 10.0. The molecule has 1 heterocycles. The molecule has 1 aliphatic heterocycles. The van der Waals surface area contributed by atoms with Gasteiger partial charge in [0.1, 0.15) is 11.5 Å². The van der Waals surface area contributed by atoms with E-state index in [4.69, 9.17) is 33.7 Å². The molecule has 0 atom stereocenters. The largest absolute Gasteiger partial charge is 0.693 e. The maximum Gasteiger partial charge on any atom is -0.693 e. The summed E-state index contributed by atoms with van der Waals surface area (Å²) in [5.74, 6) is 0.468. The third-order valence-corrected chi connectivity index (χ3v) is 5.33. The van der Waals surface area contributed by atoms with Crippen molar-refractivity contribution >= 4 is 3520 Å². The molecule has 124 heteroatoms. The first-order chi connectivity index (χ1) is 71.9. The number of hydrogen-bond acceptors (Lipinski definition) is 6. The molecule has 0 bridgehead atoms. The van der Waals surface area contributed by atoms with E-state index in [0.717, 1.165) is 51.4 Å². The average molecular weight is 5110 g/mol. The first-order valence-electron chi connectivity index (χ1n) is 65.4. The van der Waals surface area contributed by atoms with Gasteiger partial charge in [-0.15, -0.1) is 5.34 Å². The standard InChI is InChI=1S/C25H23NO3.3ClH.111K.HNO2.2H2N.Pt.H/c1-4-26(5-2)17-11-13-21-23(15-17)29-22-14-16(3)10-12-20(22)24(21)18-8-6-7-9-19(18)25(27)28;;;;;;;;;;;;;;;;;;;;;;;;;;;;;;;;;;;;;;;;;;;;;;;;;;;;;;;;;;;;;;;;;;;;;;;;;;;;;;;;;;;;;;;;;;;;;;;;;;;;;;;;;;;;;;;;;;;2-1-3;;;;/h6-15H,3-5H2,1-2H3,(H,27,28);3*1H;;;;;;;;;;;;;;;;;;;;;;;;;;;;;;;;;;;;;;;;;;;;;;;;;;;;;;;;;;;;;;;;;;;;;;;;;;;;;;;;;;;;;;;;;;;;;;;;;;;;;;;;;;;;;;;;(H,2,3);2*1H2;;/q;;;;;;;;;;;;;;;;;;;;;;;;;;;;;;;;;;;;;;;;;;;;;;;;;;;;;;;;;;;;;;;;;;;;;;;;;;;;;;;;;;;;;;;;;;;;;;;;;;;;;;;;;;;;;;;;;;+1;;2*-1;+4;-1/p-4. The number of benzene rings is 3. The van der Waals surface area contributed by atoms with Gasteiger partial charge in [0, 0.05) is 41.2 Å². The normalized spacial score (nSPS) is 5.52. The van der Waals surface area contributed by atoms with Gasteiger partial charge >= 0.3 is 3570 Å². The van der Waals surface area contributed by atoms with Gasteiger partial charge in [-0.2, -0.15) is 0 Å². The van der Waals surface area contributed by atoms with Crippen LogP contribution in [0.2, 0.25) is 0 Å². The second kappa shape index (κ2) is 674. The molecule has 0 radical (unpaired) electrons. The van der Waals surface area contributed by atoms with Crippen LogP contribution in [-0.4, -0.2) is 3500 Å². The summed E-state index contributed by atoms with van der Waals surface area (Å²) in [7, 11) is 9.75. The van der Waals surface area contributed by atoms with Crippen LogP contribution in [0.5, 0.6) is 11.5 Å². The van der Waals surface area contributed by atoms with Crippen LogP contribution in [0.4, 0.5) is 5.69 Å². The van der Waals surface area contributed by atoms with E-state index in [1.165, 1.54) is 3470 Å². The fourth-order valence-electron chi connectivity index (χ4n) is 3.89. The van der Waals surface area contributed by atoms with Gasteiger partial charge in [-0.3, -0.25) is 0 Å². The Balaban J connectivity index is -0.0000000106. The van der Waals surface area contributed by atoms with Gasteiger partial charge in [-0.25, -0.2) is 4.79 Å². The minimum absolute atomic E-state index is 0. The Morgan fingerprint density at radius 2 is 0.436 bits per heavy atom. The van der Waals surface area contributed by atoms with Gasteiger partial charge in [-0.1, -0.05) is 36.9 Å². The minimum atomic E-state index is -0.948. The third-order valence-electron chi connectivity index (χ3n) is 5.33. The second-order valence-corrected chi connectivity index (χ2v) is 10.4. The van der Waals surface area contributed by atoms with E-state index in [-0.39, 0.29) is 83.1 Å². The smallest absolute Gasteiger partial charge is 0.693 e. The van der Waals surface area contributed by atoms with Crippen molar-refractivity contribution in [3.8, 4) is 11.5 Å². The van der Waals surface area contributed by atoms with Gasteiger partial charge in [0.05, 0.1) is 5.56 Å². The molecular weight excluding hydrogens is 5080 g/mol. The van der Waals surface area contributed by atoms with E-state index in [0.29, 0.717) is 11.3 Å². The maximum atomic E-state index is 11.9. The predicted molar refractivity (Wildman–Crippen MR) is 782 cm³/mol. The van der Waals surface area contributed by atoms with Crippen molar-refractivity contribution in [3.63, 3.8) is 0 Å². The van der Waals surface area contributed by atoms with Crippen LogP contribution in [0.15, 0.2) is 66.0 Å². The molecule has 3 aromatic carbocycles. The first kappa shape index (κ1) is 481. The van der Waals surface area contributed by atoms with Gasteiger partial charge in [0.25, 0.3) is 0 Å². The number of rotatable bonds is 5. The molecule has 0 amide bonds. The molecule has 0 aliphatic carbocycles. The SMILES string of the molecule is C=c1ccc2c(c1)Oc1cc(N(CC)CC)ccc1C=2c1ccccc1C(=O)O.O=N[O-].[Cl-].[Cl][Pt+2][Cl].[H-].[K+].[K][K].[K][K].[K][K].[K][K].[K][K].[K][K].[K][K].[K][K].[K][K].[K][K].[K][K].[K][K].[K][K].[K][K].[K][K].[K][K].[K][K].[K][K].[K][K].[K][K].[K][K].[K][K].[K][K].[K][K].[K][K].[K][K].[K][K].[K][K].[K][K].[K][K].[K][K].[K][K].[K][K].[K][K].[K][K].[K][K].[K][K].[K][K].[K][K].[K][K].[K][K].[K][K].[K][K].[K][K].[K][K].[K][K].[K][K].[K][K].[K][K].[K][K].[K][K].[K][K].[K][K].[K][K].[K][K].[NH2-].[NH2-]. The Kier molecular flexibility index (Phi) is 2180. The Morgan fingerprint density at radius 1 is 0.289 bits per heavy atom. The molecule has 1 aliphatic rings. The van der Waals surface area contributed by atoms with Crippen molar-refractivity contribution in [1.82, 2.24) is 0 Å². The molecule has 0 fully saturated rings. The van der Waals surface area contributed by atoms with Crippen LogP contribution in [-0.2, 0) is 16.5 Å². The fraction of sp³-hybridized carbons (Fsp3) is 0.160. The predicted octanol–water partition coefficient (Wildman–Crippen LogP) is -40.7. The molecule has 0 saturated heterocycles. The van der Waals surface area contributed by atoms with Crippen LogP contribution < -0.4 is 83.9 Å². The third kappa shape index (κ3) is 580. The molecule has 0 unspecified atom stereocenters. The van der Waals surface area contributed by atoms with Crippen LogP contribution in [0.3, 0.4) is 0 Å². The molecule has 3 aromatic rings. The fourth-order valence-corrected chi connectivity index (χ4v) is 3.89. The summed E-state index contributed by atoms with van der Waals surface area (Å²) in [6.07, 6.45) is 0. The summed E-state index contributed by atoms with van der Waals surface area (Å²) in [4.78, 5) is 22.2. The van der Waals surface area contributed by atoms with E-state index in [1.54, 1.807) is 12.1 Å². The van der Waals surface area contributed by atoms with E-state index >= 15 is 0 Å². The number of hydrogen-bond donors (Lipinski definition) is 1. The number of nitrogens with zero attached hydrogens (tertiary/aromatic N) is 2. The van der Waals surface area contributed by atoms with Crippen LogP contribution in [0.1, 0.15) is 36.8 Å². The number of nitrogens with two attached hydrogens (primary N) is 2. The van der Waals surface area contributed by atoms with Crippen LogP contribution >= 0.6 is 18.8 Å². The number of aromatic carboxylic acids is 1. The molecular formula is C25H28Cl3K111N4O5Pt-2. The average Bonchev–Trinajstić information content (AvgIpc) is 0.749. The van der Waals surface area contributed by atoms with Crippen molar-refractivity contribution in [1.29, 1.82) is 0 Å². The van der Waals surface area contributed by atoms with Crippen molar-refractivity contribution in [2.75, 3.05) is 18.0 Å². The molecule has 322 valence electrons. The van der Waals surface area contributed by atoms with Gasteiger partial charge < -0.3 is 51.0 Å². The van der Waals surface area contributed by atoms with Gasteiger partial charge in [0.15, 0.2) is 0 Å². The van der Waals surface area contributed by atoms with Crippen LogP contribution in [0, 0.1) is 10.1 Å². The van der Waals surface area contributed by atoms with Crippen molar-refractivity contribution in [2.24, 2.45) is 5.34 Å². The first-order valence-corrected chi connectivity index (χ1v) is 951. The number of halogens is 3. The maximum absolute atomic E-state index is 11.9. The van der Waals surface area contributed by atoms with Crippen molar-refractivity contribution in [2.45, 2.75) is 13.8 Å². The molecule has 4 rings (SSSR count). The molecule has 0 aromatic heterocycles. The molecule has 149 heavy (non-hydrogen) atoms. The Bertz CT molecular complexity index is 1440. The van der Waals surface area contributed by atoms with Crippen molar-refractivity contribution in [3.05, 3.63) is 110 Å². The van der Waals surface area contributed by atoms with E-state index in [2.05, 4.69) is 31.4 Å². The van der Waals surface area contributed by atoms with Crippen LogP contribution in [0.25, 0.3) is 24.5 Å². The van der Waals surface area contributed by atoms with E-state index in [9.17, 15) is 9.90 Å². The number of ether oxygens (including phenoxy) is 1. The molecule has 9 nitrogen and oxygen atoms in total. The zero-order valence-corrected chi connectivity index (χ0v) is 483. The Hall–Kier alpha value is 179. The Labute approximate surface area is 3500 Å². The number of carboxylic acids is 1. The minimum Gasteiger partial charge on any atom is -0.693 e. The second-order valence-electron chi connectivity index (χ2n) is 7.13. The summed E-state index contributed by atoms with van der Waals surface area (Å²) in [5, 5.41) is 20.5. The molecule has 5 N–H and O–H groups in total. The van der Waals surface area contributed by atoms with Crippen molar-refractivity contribution < 1.29 is 96.3 Å². The number of fused-ring (bicyclic) bond motifs is 2. The summed E-state index contributed by atoms with van der Waals surface area (Å²) < 4.78 is 6.26. The summed E-state index contributed by atoms with van der Waals surface area (Å²) >= 11 is 137. The zero-order chi connectivity index (χ0) is 136. The van der Waals surface area contributed by atoms with E-state index < -0.39 is 22.5 Å². The molecule has 0 spiro atoms. The van der Waals surface area contributed by atoms with Gasteiger partial charge in [-0.05, 0) is 48.9 Å². The summed E-state index contributed by atoms with van der Waals surface area (Å²) in [5.41, 5.74) is 3.78. The number of carboxylic acid groups (broad SMARTS) is 1. The monoisotopic (exact) mass is 5090 g/mol. The Morgan fingerprint density at radius 3 is 0.577 bits per heavy atom. The number of anilines is 1. The number of carbonyl (C=O) groups is 1. The molecule has 0 saturated carbocycles. The zero-order valence-electron chi connectivity index (χ0n) is 132. The van der Waals surface area contributed by atoms with E-state index in [1.807, 2.05) is 42.5 Å². The summed E-state index contributed by atoms with van der Waals surface area (Å²) in [6, 6.07) is 19.0. The quantitative estimate of drug-likeness (QED) is 0.118.